The highest BCUT2D eigenvalue weighted by atomic mass is 16.5. The van der Waals surface area contributed by atoms with Crippen molar-refractivity contribution in [2.45, 2.75) is 32.7 Å². The van der Waals surface area contributed by atoms with E-state index in [1.54, 1.807) is 0 Å². The van der Waals surface area contributed by atoms with E-state index in [-0.39, 0.29) is 6.04 Å². The molecule has 1 rings (SSSR count). The summed E-state index contributed by atoms with van der Waals surface area (Å²) in [7, 11) is 0. The Morgan fingerprint density at radius 2 is 2.27 bits per heavy atom. The molecule has 1 unspecified atom stereocenters. The summed E-state index contributed by atoms with van der Waals surface area (Å²) in [5.74, 6) is 7.26. The molecule has 0 aliphatic carbocycles. The molecule has 4 heteroatoms. The molecule has 3 N–H and O–H groups in total. The molecule has 0 spiro atoms. The molecule has 0 bridgehead atoms. The number of nitrogens with two attached hydrogens (primary N) is 1. The van der Waals surface area contributed by atoms with E-state index in [1.165, 1.54) is 0 Å². The molecule has 0 aromatic carbocycles. The number of hydrogen-bond donors (Lipinski definition) is 2. The number of hydrogen-bond acceptors (Lipinski definition) is 4. The lowest BCUT2D eigenvalue weighted by Gasteiger charge is -2.13. The van der Waals surface area contributed by atoms with Crippen LogP contribution in [0.3, 0.4) is 0 Å². The first-order chi connectivity index (χ1) is 7.31. The fraction of sp³-hybridized carbons (Fsp3) is 0.636. The van der Waals surface area contributed by atoms with E-state index >= 15 is 0 Å². The van der Waals surface area contributed by atoms with Gasteiger partial charge in [-0.05, 0) is 18.6 Å². The SMILES string of the molecule is CCCOCC(NN)c1ccc(CC)o1. The lowest BCUT2D eigenvalue weighted by molar-refractivity contribution is 0.105. The fourth-order valence-corrected chi connectivity index (χ4v) is 1.33. The average Bonchev–Trinajstić information content (AvgIpc) is 2.73. The number of ether oxygens (including phenoxy) is 1. The zero-order valence-electron chi connectivity index (χ0n) is 9.45. The number of hydrazine groups is 1. The molecule has 4 nitrogen and oxygen atoms in total. The Balaban J connectivity index is 2.49. The highest BCUT2D eigenvalue weighted by Gasteiger charge is 2.13. The smallest absolute Gasteiger partial charge is 0.124 e. The predicted octanol–water partition coefficient (Wildman–Crippen LogP) is 1.77. The van der Waals surface area contributed by atoms with Crippen LogP contribution in [0.4, 0.5) is 0 Å². The molecule has 0 aliphatic heterocycles. The van der Waals surface area contributed by atoms with Gasteiger partial charge in [0.25, 0.3) is 0 Å². The maximum absolute atomic E-state index is 5.59. The van der Waals surface area contributed by atoms with E-state index in [0.717, 1.165) is 31.0 Å². The van der Waals surface area contributed by atoms with Crippen molar-refractivity contribution in [2.75, 3.05) is 13.2 Å². The molecular formula is C11H20N2O2. The number of aryl methyl sites for hydroxylation is 1. The van der Waals surface area contributed by atoms with Gasteiger partial charge in [0.2, 0.25) is 0 Å². The molecule has 1 aromatic heterocycles. The summed E-state index contributed by atoms with van der Waals surface area (Å²) in [5, 5.41) is 0. The summed E-state index contributed by atoms with van der Waals surface area (Å²) in [6, 6.07) is 3.86. The fourth-order valence-electron chi connectivity index (χ4n) is 1.33. The van der Waals surface area contributed by atoms with Gasteiger partial charge in [0.05, 0.1) is 6.61 Å². The van der Waals surface area contributed by atoms with E-state index in [2.05, 4.69) is 19.3 Å². The van der Waals surface area contributed by atoms with Crippen LogP contribution in [0.1, 0.15) is 37.8 Å². The van der Waals surface area contributed by atoms with Crippen molar-refractivity contribution in [1.29, 1.82) is 0 Å². The third kappa shape index (κ3) is 3.66. The van der Waals surface area contributed by atoms with Crippen molar-refractivity contribution in [1.82, 2.24) is 5.43 Å². The first-order valence-corrected chi connectivity index (χ1v) is 5.44. The zero-order valence-corrected chi connectivity index (χ0v) is 9.45. The quantitative estimate of drug-likeness (QED) is 0.411. The van der Waals surface area contributed by atoms with Crippen LogP contribution >= 0.6 is 0 Å². The van der Waals surface area contributed by atoms with Crippen molar-refractivity contribution >= 4 is 0 Å². The molecule has 1 aromatic rings. The van der Waals surface area contributed by atoms with Crippen LogP contribution in [0.25, 0.3) is 0 Å². The molecule has 0 saturated carbocycles. The van der Waals surface area contributed by atoms with Gasteiger partial charge in [0.1, 0.15) is 17.6 Å². The molecule has 15 heavy (non-hydrogen) atoms. The van der Waals surface area contributed by atoms with Crippen LogP contribution < -0.4 is 11.3 Å². The van der Waals surface area contributed by atoms with Crippen molar-refractivity contribution in [3.8, 4) is 0 Å². The second-order valence-electron chi connectivity index (χ2n) is 3.45. The highest BCUT2D eigenvalue weighted by molar-refractivity contribution is 5.10. The minimum absolute atomic E-state index is 0.0585. The largest absolute Gasteiger partial charge is 0.464 e. The standard InChI is InChI=1S/C11H20N2O2/c1-3-7-14-8-10(13-12)11-6-5-9(4-2)15-11/h5-6,10,13H,3-4,7-8,12H2,1-2H3. The summed E-state index contributed by atoms with van der Waals surface area (Å²) >= 11 is 0. The Morgan fingerprint density at radius 1 is 1.47 bits per heavy atom. The summed E-state index contributed by atoms with van der Waals surface area (Å²) < 4.78 is 11.0. The van der Waals surface area contributed by atoms with Crippen molar-refractivity contribution in [3.05, 3.63) is 23.7 Å². The third-order valence-corrected chi connectivity index (χ3v) is 2.21. The molecule has 1 heterocycles. The van der Waals surface area contributed by atoms with Gasteiger partial charge in [0, 0.05) is 13.0 Å². The van der Waals surface area contributed by atoms with Gasteiger partial charge in [-0.15, -0.1) is 0 Å². The Bertz CT molecular complexity index is 273. The maximum Gasteiger partial charge on any atom is 0.124 e. The lowest BCUT2D eigenvalue weighted by atomic mass is 10.2. The van der Waals surface area contributed by atoms with E-state index in [1.807, 2.05) is 12.1 Å². The van der Waals surface area contributed by atoms with Gasteiger partial charge in [0.15, 0.2) is 0 Å². The summed E-state index contributed by atoms with van der Waals surface area (Å²) in [4.78, 5) is 0. The van der Waals surface area contributed by atoms with Gasteiger partial charge in [-0.25, -0.2) is 5.43 Å². The first-order valence-electron chi connectivity index (χ1n) is 5.44. The monoisotopic (exact) mass is 212 g/mol. The molecule has 0 radical (unpaired) electrons. The van der Waals surface area contributed by atoms with Crippen molar-refractivity contribution in [3.63, 3.8) is 0 Å². The van der Waals surface area contributed by atoms with Gasteiger partial charge in [-0.1, -0.05) is 13.8 Å². The molecule has 1 atom stereocenters. The van der Waals surface area contributed by atoms with E-state index in [4.69, 9.17) is 15.0 Å². The Hall–Kier alpha value is -0.840. The van der Waals surface area contributed by atoms with E-state index < -0.39 is 0 Å². The van der Waals surface area contributed by atoms with Crippen LogP contribution in [-0.4, -0.2) is 13.2 Å². The minimum atomic E-state index is -0.0585. The second-order valence-corrected chi connectivity index (χ2v) is 3.45. The van der Waals surface area contributed by atoms with Crippen LogP contribution in [0.2, 0.25) is 0 Å². The van der Waals surface area contributed by atoms with Crippen molar-refractivity contribution < 1.29 is 9.15 Å². The molecular weight excluding hydrogens is 192 g/mol. The summed E-state index contributed by atoms with van der Waals surface area (Å²) in [6.45, 7) is 5.43. The molecule has 86 valence electrons. The van der Waals surface area contributed by atoms with Gasteiger partial charge in [-0.2, -0.15) is 0 Å². The number of rotatable bonds is 7. The Labute approximate surface area is 90.8 Å². The zero-order chi connectivity index (χ0) is 11.1. The van der Waals surface area contributed by atoms with Crippen molar-refractivity contribution in [2.24, 2.45) is 5.84 Å². The topological polar surface area (TPSA) is 60.4 Å². The second kappa shape index (κ2) is 6.61. The Morgan fingerprint density at radius 3 is 2.80 bits per heavy atom. The number of furan rings is 1. The molecule has 0 amide bonds. The molecule has 0 saturated heterocycles. The summed E-state index contributed by atoms with van der Waals surface area (Å²) in [5.41, 5.74) is 2.70. The van der Waals surface area contributed by atoms with Gasteiger partial charge in [-0.3, -0.25) is 5.84 Å². The van der Waals surface area contributed by atoms with E-state index in [9.17, 15) is 0 Å². The maximum atomic E-state index is 5.59. The van der Waals surface area contributed by atoms with Crippen LogP contribution in [-0.2, 0) is 11.2 Å². The van der Waals surface area contributed by atoms with E-state index in [0.29, 0.717) is 6.61 Å². The van der Waals surface area contributed by atoms with Gasteiger partial charge < -0.3 is 9.15 Å². The van der Waals surface area contributed by atoms with Gasteiger partial charge >= 0.3 is 0 Å². The lowest BCUT2D eigenvalue weighted by Crippen LogP contribution is -2.31. The van der Waals surface area contributed by atoms with Crippen LogP contribution in [0, 0.1) is 0 Å². The highest BCUT2D eigenvalue weighted by Crippen LogP contribution is 2.16. The predicted molar refractivity (Wildman–Crippen MR) is 59.3 cm³/mol. The normalized spacial score (nSPS) is 13.0. The molecule has 0 aliphatic rings. The van der Waals surface area contributed by atoms with Crippen LogP contribution in [0.5, 0.6) is 0 Å². The molecule has 0 fully saturated rings. The summed E-state index contributed by atoms with van der Waals surface area (Å²) in [6.07, 6.45) is 1.91. The van der Waals surface area contributed by atoms with Crippen LogP contribution in [0.15, 0.2) is 16.5 Å². The first kappa shape index (κ1) is 12.2. The Kier molecular flexibility index (Phi) is 5.39. The average molecular weight is 212 g/mol. The minimum Gasteiger partial charge on any atom is -0.464 e. The number of nitrogens with one attached hydrogen (secondary N) is 1. The third-order valence-electron chi connectivity index (χ3n) is 2.21.